The summed E-state index contributed by atoms with van der Waals surface area (Å²) in [5, 5.41) is 8.90. The third-order valence-electron chi connectivity index (χ3n) is 4.68. The van der Waals surface area contributed by atoms with E-state index in [1.165, 1.54) is 10.6 Å². The largest absolute Gasteiger partial charge is 0.481 e. The second-order valence-electron chi connectivity index (χ2n) is 6.49. The van der Waals surface area contributed by atoms with Crippen molar-refractivity contribution in [2.45, 2.75) is 45.1 Å². The number of nitrogens with zero attached hydrogens (tertiary/aromatic N) is 3. The van der Waals surface area contributed by atoms with Crippen LogP contribution in [0.15, 0.2) is 29.3 Å². The van der Waals surface area contributed by atoms with Crippen molar-refractivity contribution in [3.63, 3.8) is 0 Å². The number of amides is 1. The molecule has 1 N–H and O–H groups in total. The third kappa shape index (κ3) is 3.55. The molecule has 1 aliphatic rings. The van der Waals surface area contributed by atoms with E-state index in [2.05, 4.69) is 4.98 Å². The minimum atomic E-state index is -0.874. The van der Waals surface area contributed by atoms with Crippen LogP contribution < -0.4 is 5.56 Å². The number of pyridine rings is 1. The Labute approximate surface area is 144 Å². The SMILES string of the molecule is Cc1ccn2c(=O)c(C(=O)N3CCCC[C@H]3CCC(=O)O)cnc2c1. The zero-order valence-corrected chi connectivity index (χ0v) is 14.1. The minimum absolute atomic E-state index is 0.0165. The number of aliphatic carboxylic acids is 1. The third-order valence-corrected chi connectivity index (χ3v) is 4.68. The van der Waals surface area contributed by atoms with E-state index in [9.17, 15) is 14.4 Å². The van der Waals surface area contributed by atoms with Crippen LogP contribution in [-0.4, -0.2) is 43.9 Å². The second kappa shape index (κ2) is 7.04. The summed E-state index contributed by atoms with van der Waals surface area (Å²) >= 11 is 0. The summed E-state index contributed by atoms with van der Waals surface area (Å²) in [4.78, 5) is 42.3. The summed E-state index contributed by atoms with van der Waals surface area (Å²) in [7, 11) is 0. The number of aryl methyl sites for hydroxylation is 1. The highest BCUT2D eigenvalue weighted by Crippen LogP contribution is 2.22. The van der Waals surface area contributed by atoms with Gasteiger partial charge < -0.3 is 10.0 Å². The number of hydrogen-bond donors (Lipinski definition) is 1. The monoisotopic (exact) mass is 343 g/mol. The van der Waals surface area contributed by atoms with Crippen LogP contribution in [0.3, 0.4) is 0 Å². The van der Waals surface area contributed by atoms with Crippen molar-refractivity contribution in [1.29, 1.82) is 0 Å². The molecule has 0 aromatic carbocycles. The van der Waals surface area contributed by atoms with Crippen LogP contribution in [0.2, 0.25) is 0 Å². The molecule has 0 radical (unpaired) electrons. The number of carboxylic acid groups (broad SMARTS) is 1. The van der Waals surface area contributed by atoms with E-state index in [0.29, 0.717) is 18.6 Å². The Balaban J connectivity index is 1.92. The molecule has 0 saturated carbocycles. The van der Waals surface area contributed by atoms with Gasteiger partial charge in [0.1, 0.15) is 11.2 Å². The molecule has 2 aromatic heterocycles. The van der Waals surface area contributed by atoms with Crippen molar-refractivity contribution in [2.24, 2.45) is 0 Å². The molecule has 3 heterocycles. The average molecular weight is 343 g/mol. The number of piperidine rings is 1. The lowest BCUT2D eigenvalue weighted by atomic mass is 9.97. The first-order valence-electron chi connectivity index (χ1n) is 8.48. The van der Waals surface area contributed by atoms with Crippen LogP contribution in [0.4, 0.5) is 0 Å². The van der Waals surface area contributed by atoms with Crippen LogP contribution in [-0.2, 0) is 4.79 Å². The molecule has 0 bridgehead atoms. The maximum Gasteiger partial charge on any atom is 0.303 e. The number of rotatable bonds is 4. The van der Waals surface area contributed by atoms with Gasteiger partial charge >= 0.3 is 5.97 Å². The molecule has 1 atom stereocenters. The van der Waals surface area contributed by atoms with E-state index in [4.69, 9.17) is 5.11 Å². The molecule has 1 aliphatic heterocycles. The lowest BCUT2D eigenvalue weighted by Gasteiger charge is -2.35. The van der Waals surface area contributed by atoms with E-state index in [-0.39, 0.29) is 23.9 Å². The Hall–Kier alpha value is -2.70. The molecule has 7 nitrogen and oxygen atoms in total. The van der Waals surface area contributed by atoms with E-state index in [1.54, 1.807) is 23.2 Å². The Morgan fingerprint density at radius 2 is 2.16 bits per heavy atom. The first kappa shape index (κ1) is 17.1. The summed E-state index contributed by atoms with van der Waals surface area (Å²) in [5.74, 6) is -1.23. The molecule has 0 unspecified atom stereocenters. The van der Waals surface area contributed by atoms with Crippen molar-refractivity contribution in [2.75, 3.05) is 6.54 Å². The number of fused-ring (bicyclic) bond motifs is 1. The minimum Gasteiger partial charge on any atom is -0.481 e. The zero-order valence-electron chi connectivity index (χ0n) is 14.1. The Morgan fingerprint density at radius 3 is 2.92 bits per heavy atom. The highest BCUT2D eigenvalue weighted by Gasteiger charge is 2.29. The standard InChI is InChI=1S/C18H21N3O4/c1-12-7-9-21-15(10-12)19-11-14(18(21)25)17(24)20-8-3-2-4-13(20)5-6-16(22)23/h7,9-11,13H,2-6,8H2,1H3,(H,22,23)/t13-/m0/s1. The normalized spacial score (nSPS) is 17.6. The van der Waals surface area contributed by atoms with Gasteiger partial charge in [-0.05, 0) is 50.3 Å². The number of carbonyl (C=O) groups is 2. The van der Waals surface area contributed by atoms with Crippen LogP contribution in [0.1, 0.15) is 48.0 Å². The number of likely N-dealkylation sites (tertiary alicyclic amines) is 1. The molecule has 1 amide bonds. The fourth-order valence-electron chi connectivity index (χ4n) is 3.34. The van der Waals surface area contributed by atoms with E-state index < -0.39 is 11.5 Å². The Kier molecular flexibility index (Phi) is 4.83. The maximum absolute atomic E-state index is 12.9. The molecule has 0 aliphatic carbocycles. The van der Waals surface area contributed by atoms with Gasteiger partial charge in [0.25, 0.3) is 11.5 Å². The predicted octanol–water partition coefficient (Wildman–Crippen LogP) is 1.86. The molecular weight excluding hydrogens is 322 g/mol. The molecule has 2 aromatic rings. The van der Waals surface area contributed by atoms with E-state index >= 15 is 0 Å². The molecule has 3 rings (SSSR count). The van der Waals surface area contributed by atoms with Gasteiger partial charge in [0.05, 0.1) is 0 Å². The molecule has 0 spiro atoms. The van der Waals surface area contributed by atoms with E-state index in [1.807, 2.05) is 6.92 Å². The van der Waals surface area contributed by atoms with Crippen molar-refractivity contribution in [3.05, 3.63) is 46.0 Å². The number of aromatic nitrogens is 2. The average Bonchev–Trinajstić information content (AvgIpc) is 2.60. The quantitative estimate of drug-likeness (QED) is 0.915. The first-order chi connectivity index (χ1) is 12.0. The van der Waals surface area contributed by atoms with Gasteiger partial charge in [0.2, 0.25) is 0 Å². The van der Waals surface area contributed by atoms with Crippen LogP contribution in [0.25, 0.3) is 5.65 Å². The molecule has 132 valence electrons. The molecule has 1 fully saturated rings. The predicted molar refractivity (Wildman–Crippen MR) is 91.7 cm³/mol. The fraction of sp³-hybridized carbons (Fsp3) is 0.444. The fourth-order valence-corrected chi connectivity index (χ4v) is 3.34. The molecule has 1 saturated heterocycles. The van der Waals surface area contributed by atoms with Gasteiger partial charge in [-0.2, -0.15) is 0 Å². The van der Waals surface area contributed by atoms with E-state index in [0.717, 1.165) is 24.8 Å². The summed E-state index contributed by atoms with van der Waals surface area (Å²) in [5.41, 5.74) is 1.12. The van der Waals surface area contributed by atoms with Crippen LogP contribution in [0.5, 0.6) is 0 Å². The van der Waals surface area contributed by atoms with Crippen LogP contribution in [0, 0.1) is 6.92 Å². The number of carbonyl (C=O) groups excluding carboxylic acids is 1. The second-order valence-corrected chi connectivity index (χ2v) is 6.49. The van der Waals surface area contributed by atoms with Crippen molar-refractivity contribution in [1.82, 2.24) is 14.3 Å². The Bertz CT molecular complexity index is 874. The summed E-state index contributed by atoms with van der Waals surface area (Å²) in [6, 6.07) is 3.43. The maximum atomic E-state index is 12.9. The lowest BCUT2D eigenvalue weighted by Crippen LogP contribution is -2.45. The van der Waals surface area contributed by atoms with Gasteiger partial charge in [-0.1, -0.05) is 0 Å². The summed E-state index contributed by atoms with van der Waals surface area (Å²) in [6.45, 7) is 2.45. The van der Waals surface area contributed by atoms with Crippen molar-refractivity contribution >= 4 is 17.5 Å². The topological polar surface area (TPSA) is 92.0 Å². The van der Waals surface area contributed by atoms with Crippen molar-refractivity contribution < 1.29 is 14.7 Å². The van der Waals surface area contributed by atoms with Crippen molar-refractivity contribution in [3.8, 4) is 0 Å². The molecule has 7 heteroatoms. The number of hydrogen-bond acceptors (Lipinski definition) is 4. The summed E-state index contributed by atoms with van der Waals surface area (Å²) < 4.78 is 1.37. The van der Waals surface area contributed by atoms with Gasteiger partial charge in [0.15, 0.2) is 0 Å². The first-order valence-corrected chi connectivity index (χ1v) is 8.48. The van der Waals surface area contributed by atoms with Crippen LogP contribution >= 0.6 is 0 Å². The zero-order chi connectivity index (χ0) is 18.0. The molecule has 25 heavy (non-hydrogen) atoms. The Morgan fingerprint density at radius 1 is 1.36 bits per heavy atom. The summed E-state index contributed by atoms with van der Waals surface area (Å²) in [6.07, 6.45) is 5.96. The van der Waals surface area contributed by atoms with Gasteiger partial charge in [-0.25, -0.2) is 4.98 Å². The highest BCUT2D eigenvalue weighted by atomic mass is 16.4. The van der Waals surface area contributed by atoms with Gasteiger partial charge in [-0.3, -0.25) is 18.8 Å². The number of carboxylic acids is 1. The molecular formula is C18H21N3O4. The lowest BCUT2D eigenvalue weighted by molar-refractivity contribution is -0.137. The van der Waals surface area contributed by atoms with Gasteiger partial charge in [0, 0.05) is 31.4 Å². The van der Waals surface area contributed by atoms with Gasteiger partial charge in [-0.15, -0.1) is 0 Å². The highest BCUT2D eigenvalue weighted by molar-refractivity contribution is 5.94. The smallest absolute Gasteiger partial charge is 0.303 e.